The summed E-state index contributed by atoms with van der Waals surface area (Å²) in [5, 5.41) is 14.6. The standard InChI is InChI=1S/C13H13N5O3/c1-9(10-4-3-5-11(8-10)18(20)21)15-16-13(19)12-6-7-14-17(12)2/h3-8,15H,1H2,2H3,(H,16,19). The van der Waals surface area contributed by atoms with Crippen LogP contribution in [0.4, 0.5) is 5.69 Å². The van der Waals surface area contributed by atoms with Gasteiger partial charge in [-0.3, -0.25) is 30.4 Å². The number of non-ortho nitro benzene ring substituents is 1. The van der Waals surface area contributed by atoms with Crippen molar-refractivity contribution in [2.24, 2.45) is 7.05 Å². The monoisotopic (exact) mass is 287 g/mol. The van der Waals surface area contributed by atoms with E-state index in [4.69, 9.17) is 0 Å². The van der Waals surface area contributed by atoms with Gasteiger partial charge in [0.2, 0.25) is 0 Å². The number of nitro groups is 1. The largest absolute Gasteiger partial charge is 0.298 e. The molecule has 2 aromatic rings. The molecule has 0 spiro atoms. The first-order valence-electron chi connectivity index (χ1n) is 5.97. The quantitative estimate of drug-likeness (QED) is 0.636. The number of carbonyl (C=O) groups is 1. The summed E-state index contributed by atoms with van der Waals surface area (Å²) < 4.78 is 1.42. The Morgan fingerprint density at radius 2 is 2.14 bits per heavy atom. The Hall–Kier alpha value is -3.16. The van der Waals surface area contributed by atoms with Gasteiger partial charge in [-0.1, -0.05) is 18.7 Å². The summed E-state index contributed by atoms with van der Waals surface area (Å²) in [7, 11) is 1.64. The van der Waals surface area contributed by atoms with Gasteiger partial charge in [-0.2, -0.15) is 5.10 Å². The zero-order valence-electron chi connectivity index (χ0n) is 11.2. The van der Waals surface area contributed by atoms with Crippen molar-refractivity contribution >= 4 is 17.3 Å². The molecule has 21 heavy (non-hydrogen) atoms. The van der Waals surface area contributed by atoms with E-state index < -0.39 is 4.92 Å². The van der Waals surface area contributed by atoms with Crippen molar-refractivity contribution in [3.63, 3.8) is 0 Å². The molecule has 2 rings (SSSR count). The van der Waals surface area contributed by atoms with Crippen molar-refractivity contribution in [1.29, 1.82) is 0 Å². The maximum atomic E-state index is 11.9. The van der Waals surface area contributed by atoms with E-state index in [1.165, 1.54) is 23.0 Å². The lowest BCUT2D eigenvalue weighted by molar-refractivity contribution is -0.384. The highest BCUT2D eigenvalue weighted by Gasteiger charge is 2.11. The molecule has 0 saturated heterocycles. The number of nitro benzene ring substituents is 1. The summed E-state index contributed by atoms with van der Waals surface area (Å²) in [6.07, 6.45) is 1.50. The molecule has 0 bridgehead atoms. The van der Waals surface area contributed by atoms with Crippen LogP contribution in [0.15, 0.2) is 43.1 Å². The molecule has 0 atom stereocenters. The fourth-order valence-electron chi connectivity index (χ4n) is 1.67. The van der Waals surface area contributed by atoms with Crippen LogP contribution in [-0.4, -0.2) is 20.6 Å². The normalized spacial score (nSPS) is 9.95. The smallest absolute Gasteiger partial charge is 0.287 e. The highest BCUT2D eigenvalue weighted by Crippen LogP contribution is 2.16. The van der Waals surface area contributed by atoms with E-state index in [1.807, 2.05) is 0 Å². The number of amides is 1. The summed E-state index contributed by atoms with van der Waals surface area (Å²) in [6.45, 7) is 3.73. The Morgan fingerprint density at radius 3 is 2.76 bits per heavy atom. The summed E-state index contributed by atoms with van der Waals surface area (Å²) in [5.41, 5.74) is 6.25. The molecule has 1 heterocycles. The molecule has 0 saturated carbocycles. The lowest BCUT2D eigenvalue weighted by atomic mass is 10.1. The number of carbonyl (C=O) groups excluding carboxylic acids is 1. The third-order valence-electron chi connectivity index (χ3n) is 2.79. The SMILES string of the molecule is C=C(NNC(=O)c1ccnn1C)c1cccc([N+](=O)[O-])c1. The van der Waals surface area contributed by atoms with Crippen molar-refractivity contribution < 1.29 is 9.72 Å². The predicted octanol–water partition coefficient (Wildman–Crippen LogP) is 1.23. The van der Waals surface area contributed by atoms with E-state index in [9.17, 15) is 14.9 Å². The molecule has 0 unspecified atom stereocenters. The fraction of sp³-hybridized carbons (Fsp3) is 0.0769. The number of hydrogen-bond donors (Lipinski definition) is 2. The minimum atomic E-state index is -0.495. The highest BCUT2D eigenvalue weighted by atomic mass is 16.6. The van der Waals surface area contributed by atoms with Crippen LogP contribution < -0.4 is 10.9 Å². The molecule has 8 nitrogen and oxygen atoms in total. The number of nitrogens with one attached hydrogen (secondary N) is 2. The van der Waals surface area contributed by atoms with Crippen molar-refractivity contribution in [3.05, 3.63) is 64.5 Å². The van der Waals surface area contributed by atoms with Crippen molar-refractivity contribution in [2.45, 2.75) is 0 Å². The number of rotatable bonds is 5. The van der Waals surface area contributed by atoms with Gasteiger partial charge in [0.1, 0.15) is 5.69 Å². The van der Waals surface area contributed by atoms with Crippen LogP contribution in [0.1, 0.15) is 16.1 Å². The van der Waals surface area contributed by atoms with Crippen LogP contribution in [0.2, 0.25) is 0 Å². The number of aryl methyl sites for hydroxylation is 1. The predicted molar refractivity (Wildman–Crippen MR) is 75.9 cm³/mol. The van der Waals surface area contributed by atoms with Crippen LogP contribution >= 0.6 is 0 Å². The van der Waals surface area contributed by atoms with Gasteiger partial charge in [0.25, 0.3) is 11.6 Å². The van der Waals surface area contributed by atoms with Crippen molar-refractivity contribution in [1.82, 2.24) is 20.6 Å². The molecular weight excluding hydrogens is 274 g/mol. The first-order chi connectivity index (χ1) is 9.99. The first-order valence-corrected chi connectivity index (χ1v) is 5.97. The van der Waals surface area contributed by atoms with E-state index in [0.29, 0.717) is 17.0 Å². The highest BCUT2D eigenvalue weighted by molar-refractivity contribution is 5.92. The van der Waals surface area contributed by atoms with Gasteiger partial charge in [-0.05, 0) is 6.07 Å². The van der Waals surface area contributed by atoms with Crippen LogP contribution in [-0.2, 0) is 7.05 Å². The zero-order chi connectivity index (χ0) is 15.4. The summed E-state index contributed by atoms with van der Waals surface area (Å²) in [6, 6.07) is 7.51. The fourth-order valence-corrected chi connectivity index (χ4v) is 1.67. The van der Waals surface area contributed by atoms with E-state index >= 15 is 0 Å². The molecule has 0 aliphatic rings. The van der Waals surface area contributed by atoms with Gasteiger partial charge in [0.05, 0.1) is 10.6 Å². The second-order valence-corrected chi connectivity index (χ2v) is 4.21. The molecule has 0 aliphatic carbocycles. The molecule has 1 aromatic heterocycles. The Labute approximate surface area is 120 Å². The van der Waals surface area contributed by atoms with Gasteiger partial charge in [0.15, 0.2) is 0 Å². The van der Waals surface area contributed by atoms with E-state index in [0.717, 1.165) is 0 Å². The number of benzene rings is 1. The third kappa shape index (κ3) is 3.24. The van der Waals surface area contributed by atoms with Gasteiger partial charge in [-0.25, -0.2) is 0 Å². The Balaban J connectivity index is 2.02. The van der Waals surface area contributed by atoms with Gasteiger partial charge >= 0.3 is 0 Å². The topological polar surface area (TPSA) is 102 Å². The van der Waals surface area contributed by atoms with Crippen LogP contribution in [0.25, 0.3) is 5.70 Å². The van der Waals surface area contributed by atoms with Crippen LogP contribution in [0.3, 0.4) is 0 Å². The number of hydrazine groups is 1. The minimum Gasteiger partial charge on any atom is -0.298 e. The lowest BCUT2D eigenvalue weighted by Gasteiger charge is -2.11. The van der Waals surface area contributed by atoms with E-state index in [2.05, 4.69) is 22.5 Å². The molecule has 2 N–H and O–H groups in total. The zero-order valence-corrected chi connectivity index (χ0v) is 11.2. The third-order valence-corrected chi connectivity index (χ3v) is 2.79. The first kappa shape index (κ1) is 14.3. The Kier molecular flexibility index (Phi) is 3.98. The average molecular weight is 287 g/mol. The molecule has 0 aliphatic heterocycles. The Bertz CT molecular complexity index is 707. The van der Waals surface area contributed by atoms with Gasteiger partial charge < -0.3 is 0 Å². The molecule has 1 aromatic carbocycles. The van der Waals surface area contributed by atoms with E-state index in [1.54, 1.807) is 25.2 Å². The summed E-state index contributed by atoms with van der Waals surface area (Å²) in [5.74, 6) is -0.387. The average Bonchev–Trinajstić information content (AvgIpc) is 2.90. The molecular formula is C13H13N5O3. The molecule has 0 fully saturated rings. The lowest BCUT2D eigenvalue weighted by Crippen LogP contribution is -2.36. The number of nitrogens with zero attached hydrogens (tertiary/aromatic N) is 3. The molecule has 0 radical (unpaired) electrons. The number of hydrogen-bond acceptors (Lipinski definition) is 5. The molecule has 1 amide bonds. The summed E-state index contributed by atoms with van der Waals surface area (Å²) in [4.78, 5) is 22.1. The second kappa shape index (κ2) is 5.87. The summed E-state index contributed by atoms with van der Waals surface area (Å²) >= 11 is 0. The van der Waals surface area contributed by atoms with Gasteiger partial charge in [0, 0.05) is 30.9 Å². The van der Waals surface area contributed by atoms with Crippen molar-refractivity contribution in [2.75, 3.05) is 0 Å². The number of aromatic nitrogens is 2. The van der Waals surface area contributed by atoms with Crippen LogP contribution in [0.5, 0.6) is 0 Å². The maximum absolute atomic E-state index is 11.9. The second-order valence-electron chi connectivity index (χ2n) is 4.21. The minimum absolute atomic E-state index is 0.0478. The molecule has 8 heteroatoms. The maximum Gasteiger partial charge on any atom is 0.287 e. The Morgan fingerprint density at radius 1 is 1.38 bits per heavy atom. The molecule has 108 valence electrons. The van der Waals surface area contributed by atoms with Crippen molar-refractivity contribution in [3.8, 4) is 0 Å². The van der Waals surface area contributed by atoms with Gasteiger partial charge in [-0.15, -0.1) is 0 Å². The van der Waals surface area contributed by atoms with E-state index in [-0.39, 0.29) is 11.6 Å². The van der Waals surface area contributed by atoms with Crippen LogP contribution in [0, 0.1) is 10.1 Å².